The Morgan fingerprint density at radius 2 is 2.08 bits per heavy atom. The molecule has 2 aromatic heterocycles. The van der Waals surface area contributed by atoms with E-state index in [0.717, 1.165) is 16.3 Å². The molecule has 3 aromatic rings. The number of methoxy groups -OCH3 is 1. The number of nitrogens with zero attached hydrogens (tertiary/aromatic N) is 1. The molecule has 0 aliphatic heterocycles. The minimum atomic E-state index is -0.224. The molecular weight excluding hydrogens is 340 g/mol. The van der Waals surface area contributed by atoms with Gasteiger partial charge in [-0.25, -0.2) is 4.98 Å². The molecule has 0 unspecified atom stereocenters. The zero-order valence-electron chi connectivity index (χ0n) is 13.7. The van der Waals surface area contributed by atoms with Crippen molar-refractivity contribution >= 4 is 17.2 Å². The first-order valence-corrected chi connectivity index (χ1v) is 8.62. The lowest BCUT2D eigenvalue weighted by molar-refractivity contribution is 0.0944. The highest BCUT2D eigenvalue weighted by atomic mass is 32.1. The summed E-state index contributed by atoms with van der Waals surface area (Å²) in [7, 11) is 1.64. The minimum absolute atomic E-state index is 0.224. The topological polar surface area (TPSA) is 73.6 Å². The largest absolute Gasteiger partial charge is 0.491 e. The summed E-state index contributed by atoms with van der Waals surface area (Å²) < 4.78 is 15.7. The lowest BCUT2D eigenvalue weighted by Gasteiger charge is -2.05. The molecule has 0 aliphatic rings. The summed E-state index contributed by atoms with van der Waals surface area (Å²) in [5.41, 5.74) is 1.33. The van der Waals surface area contributed by atoms with Gasteiger partial charge in [0.2, 0.25) is 0 Å². The number of benzene rings is 1. The van der Waals surface area contributed by atoms with Gasteiger partial charge >= 0.3 is 0 Å². The Labute approximate surface area is 149 Å². The lowest BCUT2D eigenvalue weighted by atomic mass is 10.2. The van der Waals surface area contributed by atoms with E-state index in [0.29, 0.717) is 31.2 Å². The third-order valence-corrected chi connectivity index (χ3v) is 4.29. The van der Waals surface area contributed by atoms with E-state index in [4.69, 9.17) is 13.9 Å². The molecule has 0 aliphatic carbocycles. The van der Waals surface area contributed by atoms with Crippen molar-refractivity contribution in [3.8, 4) is 16.3 Å². The minimum Gasteiger partial charge on any atom is -0.491 e. The maximum Gasteiger partial charge on any atom is 0.271 e. The van der Waals surface area contributed by atoms with Crippen molar-refractivity contribution < 1.29 is 18.7 Å². The van der Waals surface area contributed by atoms with Gasteiger partial charge in [0.25, 0.3) is 5.91 Å². The van der Waals surface area contributed by atoms with E-state index in [2.05, 4.69) is 10.3 Å². The van der Waals surface area contributed by atoms with Gasteiger partial charge in [0, 0.05) is 18.1 Å². The molecule has 0 bridgehead atoms. The van der Waals surface area contributed by atoms with E-state index in [-0.39, 0.29) is 5.91 Å². The lowest BCUT2D eigenvalue weighted by Crippen LogP contribution is -2.22. The highest BCUT2D eigenvalue weighted by molar-refractivity contribution is 7.13. The van der Waals surface area contributed by atoms with Crippen LogP contribution >= 0.6 is 11.3 Å². The first kappa shape index (κ1) is 17.2. The summed E-state index contributed by atoms with van der Waals surface area (Å²) in [5, 5.41) is 5.31. The first-order chi connectivity index (χ1) is 12.3. The van der Waals surface area contributed by atoms with Crippen LogP contribution in [0.1, 0.15) is 16.2 Å². The van der Waals surface area contributed by atoms with Crippen LogP contribution in [0.3, 0.4) is 0 Å². The highest BCUT2D eigenvalue weighted by Crippen LogP contribution is 2.25. The first-order valence-electron chi connectivity index (χ1n) is 7.74. The number of thiazole rings is 1. The Bertz CT molecular complexity index is 797. The Morgan fingerprint density at radius 3 is 2.80 bits per heavy atom. The van der Waals surface area contributed by atoms with Crippen LogP contribution in [0.25, 0.3) is 10.6 Å². The number of carbonyl (C=O) groups is 1. The van der Waals surface area contributed by atoms with Crippen molar-refractivity contribution in [3.05, 3.63) is 59.5 Å². The van der Waals surface area contributed by atoms with Gasteiger partial charge in [0.05, 0.1) is 19.4 Å². The third-order valence-electron chi connectivity index (χ3n) is 3.40. The SMILES string of the molecule is COCCOc1ccc(-c2nc(C(=O)NCc3ccco3)cs2)cc1. The van der Waals surface area contributed by atoms with E-state index in [9.17, 15) is 4.79 Å². The summed E-state index contributed by atoms with van der Waals surface area (Å²) in [5.74, 6) is 1.25. The van der Waals surface area contributed by atoms with E-state index < -0.39 is 0 Å². The second kappa shape index (κ2) is 8.46. The highest BCUT2D eigenvalue weighted by Gasteiger charge is 2.12. The molecule has 1 N–H and O–H groups in total. The summed E-state index contributed by atoms with van der Waals surface area (Å²) >= 11 is 1.43. The quantitative estimate of drug-likeness (QED) is 0.625. The molecule has 25 heavy (non-hydrogen) atoms. The van der Waals surface area contributed by atoms with Gasteiger partial charge in [-0.1, -0.05) is 0 Å². The number of carbonyl (C=O) groups excluding carboxylic acids is 1. The average molecular weight is 358 g/mol. The molecule has 1 amide bonds. The average Bonchev–Trinajstić information content (AvgIpc) is 3.32. The van der Waals surface area contributed by atoms with Crippen LogP contribution in [-0.2, 0) is 11.3 Å². The molecule has 0 saturated carbocycles. The Hall–Kier alpha value is -2.64. The van der Waals surface area contributed by atoms with Gasteiger partial charge in [0.1, 0.15) is 28.8 Å². The molecule has 0 radical (unpaired) electrons. The number of aromatic nitrogens is 1. The molecule has 0 atom stereocenters. The van der Waals surface area contributed by atoms with E-state index >= 15 is 0 Å². The van der Waals surface area contributed by atoms with Crippen LogP contribution in [0.2, 0.25) is 0 Å². The van der Waals surface area contributed by atoms with Gasteiger partial charge in [-0.2, -0.15) is 0 Å². The number of nitrogens with one attached hydrogen (secondary N) is 1. The summed E-state index contributed by atoms with van der Waals surface area (Å²) in [4.78, 5) is 16.5. The van der Waals surface area contributed by atoms with Gasteiger partial charge in [-0.15, -0.1) is 11.3 Å². The molecule has 6 nitrogen and oxygen atoms in total. The molecule has 0 fully saturated rings. The number of hydrogen-bond donors (Lipinski definition) is 1. The number of amides is 1. The van der Waals surface area contributed by atoms with Crippen LogP contribution in [0, 0.1) is 0 Å². The van der Waals surface area contributed by atoms with Crippen LogP contribution in [0.5, 0.6) is 5.75 Å². The number of hydrogen-bond acceptors (Lipinski definition) is 6. The van der Waals surface area contributed by atoms with Crippen molar-refractivity contribution in [2.45, 2.75) is 6.54 Å². The fourth-order valence-corrected chi connectivity index (χ4v) is 2.92. The maximum absolute atomic E-state index is 12.1. The Balaban J connectivity index is 1.59. The fourth-order valence-electron chi connectivity index (χ4n) is 2.12. The molecule has 0 saturated heterocycles. The number of furan rings is 1. The van der Waals surface area contributed by atoms with Crippen LogP contribution < -0.4 is 10.1 Å². The summed E-state index contributed by atoms with van der Waals surface area (Å²) in [6.45, 7) is 1.39. The van der Waals surface area contributed by atoms with Crippen LogP contribution in [0.4, 0.5) is 0 Å². The van der Waals surface area contributed by atoms with Crippen LogP contribution in [0.15, 0.2) is 52.5 Å². The van der Waals surface area contributed by atoms with Crippen LogP contribution in [-0.4, -0.2) is 31.2 Å². The second-order valence-corrected chi connectivity index (χ2v) is 6.02. The predicted molar refractivity (Wildman–Crippen MR) is 94.8 cm³/mol. The monoisotopic (exact) mass is 358 g/mol. The second-order valence-electron chi connectivity index (χ2n) is 5.17. The predicted octanol–water partition coefficient (Wildman–Crippen LogP) is 3.36. The summed E-state index contributed by atoms with van der Waals surface area (Å²) in [6.07, 6.45) is 1.57. The fraction of sp³-hybridized carbons (Fsp3) is 0.222. The van der Waals surface area contributed by atoms with Crippen molar-refractivity contribution in [1.82, 2.24) is 10.3 Å². The molecule has 7 heteroatoms. The van der Waals surface area contributed by atoms with Crippen molar-refractivity contribution in [2.24, 2.45) is 0 Å². The molecule has 130 valence electrons. The molecule has 1 aromatic carbocycles. The standard InChI is InChI=1S/C18H18N2O4S/c1-22-9-10-24-14-6-4-13(5-7-14)18-20-16(12-25-18)17(21)19-11-15-3-2-8-23-15/h2-8,12H,9-11H2,1H3,(H,19,21). The van der Waals surface area contributed by atoms with Crippen molar-refractivity contribution in [3.63, 3.8) is 0 Å². The smallest absolute Gasteiger partial charge is 0.271 e. The Kier molecular flexibility index (Phi) is 5.81. The molecule has 0 spiro atoms. The maximum atomic E-state index is 12.1. The van der Waals surface area contributed by atoms with Crippen molar-refractivity contribution in [2.75, 3.05) is 20.3 Å². The Morgan fingerprint density at radius 1 is 1.24 bits per heavy atom. The molecule has 2 heterocycles. The zero-order chi connectivity index (χ0) is 17.5. The van der Waals surface area contributed by atoms with Gasteiger partial charge in [-0.05, 0) is 36.4 Å². The van der Waals surface area contributed by atoms with E-state index in [1.165, 1.54) is 11.3 Å². The summed E-state index contributed by atoms with van der Waals surface area (Å²) in [6, 6.07) is 11.2. The van der Waals surface area contributed by atoms with Gasteiger partial charge in [-0.3, -0.25) is 4.79 Å². The van der Waals surface area contributed by atoms with E-state index in [1.807, 2.05) is 30.3 Å². The number of ether oxygens (including phenoxy) is 2. The third kappa shape index (κ3) is 4.68. The molecular formula is C18H18N2O4S. The number of rotatable bonds is 8. The zero-order valence-corrected chi connectivity index (χ0v) is 14.5. The van der Waals surface area contributed by atoms with Gasteiger partial charge in [0.15, 0.2) is 0 Å². The normalized spacial score (nSPS) is 10.6. The van der Waals surface area contributed by atoms with E-state index in [1.54, 1.807) is 24.8 Å². The van der Waals surface area contributed by atoms with Crippen molar-refractivity contribution in [1.29, 1.82) is 0 Å². The van der Waals surface area contributed by atoms with Gasteiger partial charge < -0.3 is 19.2 Å². The molecule has 3 rings (SSSR count).